The van der Waals surface area contributed by atoms with Crippen molar-refractivity contribution in [2.45, 2.75) is 39.2 Å². The molecule has 0 unspecified atom stereocenters. The molecule has 12 nitrogen and oxygen atoms in total. The highest BCUT2D eigenvalue weighted by Gasteiger charge is 2.28. The van der Waals surface area contributed by atoms with Crippen LogP contribution in [0.1, 0.15) is 57.8 Å². The predicted molar refractivity (Wildman–Crippen MR) is 196 cm³/mol. The Kier molecular flexibility index (Phi) is 11.8. The molecular weight excluding hydrogens is 634 g/mol. The van der Waals surface area contributed by atoms with Crippen molar-refractivity contribution in [1.29, 1.82) is 0 Å². The summed E-state index contributed by atoms with van der Waals surface area (Å²) < 4.78 is 12.0. The van der Waals surface area contributed by atoms with Crippen LogP contribution in [0.15, 0.2) is 48.5 Å². The summed E-state index contributed by atoms with van der Waals surface area (Å²) in [6, 6.07) is 14.8. The average molecular weight is 684 g/mol. The SMILES string of the molecule is COc1c(-c2cccc3[nH]c(CN(C)C)nc23)ccc(C(=O)N(C)c2ccc(C)cc2OCCCCCC(=O)N2CCN(C)CC2)c1C(N)=O. The third kappa shape index (κ3) is 8.26. The fourth-order valence-corrected chi connectivity index (χ4v) is 6.36. The van der Waals surface area contributed by atoms with E-state index in [2.05, 4.69) is 16.9 Å². The Morgan fingerprint density at radius 3 is 2.42 bits per heavy atom. The third-order valence-electron chi connectivity index (χ3n) is 9.09. The molecule has 12 heteroatoms. The number of aromatic nitrogens is 2. The minimum Gasteiger partial charge on any atom is -0.495 e. The van der Waals surface area contributed by atoms with Crippen molar-refractivity contribution in [2.75, 3.05) is 73.0 Å². The number of piperazine rings is 1. The number of methoxy groups -OCH3 is 1. The number of hydrogen-bond donors (Lipinski definition) is 2. The molecule has 4 aromatic rings. The maximum absolute atomic E-state index is 14.1. The van der Waals surface area contributed by atoms with E-state index in [0.29, 0.717) is 36.6 Å². The topological polar surface area (TPSA) is 137 Å². The van der Waals surface area contributed by atoms with Crippen molar-refractivity contribution >= 4 is 34.4 Å². The molecule has 2 heterocycles. The van der Waals surface area contributed by atoms with Crippen LogP contribution in [0.25, 0.3) is 22.2 Å². The van der Waals surface area contributed by atoms with Gasteiger partial charge in [0.1, 0.15) is 17.3 Å². The predicted octanol–water partition coefficient (Wildman–Crippen LogP) is 4.70. The van der Waals surface area contributed by atoms with Crippen LogP contribution in [-0.4, -0.2) is 110 Å². The molecule has 0 bridgehead atoms. The van der Waals surface area contributed by atoms with Crippen LogP contribution in [0.2, 0.25) is 0 Å². The van der Waals surface area contributed by atoms with E-state index in [1.807, 2.05) is 67.2 Å². The number of imidazole rings is 1. The second kappa shape index (κ2) is 16.2. The van der Waals surface area contributed by atoms with Crippen molar-refractivity contribution in [3.63, 3.8) is 0 Å². The number of fused-ring (bicyclic) bond motifs is 1. The monoisotopic (exact) mass is 683 g/mol. The summed E-state index contributed by atoms with van der Waals surface area (Å²) in [5.74, 6) is 0.547. The van der Waals surface area contributed by atoms with Crippen molar-refractivity contribution in [1.82, 2.24) is 24.7 Å². The van der Waals surface area contributed by atoms with E-state index in [-0.39, 0.29) is 22.8 Å². The summed E-state index contributed by atoms with van der Waals surface area (Å²) in [6.45, 7) is 6.43. The molecule has 3 N–H and O–H groups in total. The normalized spacial score (nSPS) is 13.5. The van der Waals surface area contributed by atoms with Gasteiger partial charge in [-0.15, -0.1) is 0 Å². The number of nitrogens with zero attached hydrogens (tertiary/aromatic N) is 5. The summed E-state index contributed by atoms with van der Waals surface area (Å²) in [4.78, 5) is 55.5. The van der Waals surface area contributed by atoms with Gasteiger partial charge >= 0.3 is 0 Å². The van der Waals surface area contributed by atoms with Gasteiger partial charge < -0.3 is 39.8 Å². The lowest BCUT2D eigenvalue weighted by atomic mass is 9.95. The van der Waals surface area contributed by atoms with Crippen molar-refractivity contribution in [2.24, 2.45) is 5.73 Å². The van der Waals surface area contributed by atoms with E-state index in [9.17, 15) is 14.4 Å². The minimum atomic E-state index is -0.783. The van der Waals surface area contributed by atoms with Gasteiger partial charge in [-0.25, -0.2) is 4.98 Å². The lowest BCUT2D eigenvalue weighted by Crippen LogP contribution is -2.47. The molecule has 1 aliphatic rings. The number of rotatable bonds is 14. The number of ether oxygens (including phenoxy) is 2. The molecule has 0 atom stereocenters. The highest BCUT2D eigenvalue weighted by molar-refractivity contribution is 6.15. The number of nitrogens with two attached hydrogens (primary N) is 1. The number of unbranched alkanes of at least 4 members (excludes halogenated alkanes) is 2. The van der Waals surface area contributed by atoms with Gasteiger partial charge in [0, 0.05) is 50.8 Å². The molecule has 1 aromatic heterocycles. The van der Waals surface area contributed by atoms with E-state index in [4.69, 9.17) is 20.2 Å². The van der Waals surface area contributed by atoms with Gasteiger partial charge in [0.2, 0.25) is 5.91 Å². The number of H-pyrrole nitrogens is 1. The van der Waals surface area contributed by atoms with Crippen LogP contribution in [-0.2, 0) is 11.3 Å². The molecule has 0 saturated carbocycles. The molecule has 1 aliphatic heterocycles. The Labute approximate surface area is 294 Å². The fourth-order valence-electron chi connectivity index (χ4n) is 6.36. The van der Waals surface area contributed by atoms with Gasteiger partial charge in [-0.2, -0.15) is 0 Å². The summed E-state index contributed by atoms with van der Waals surface area (Å²) in [5, 5.41) is 0. The first-order valence-corrected chi connectivity index (χ1v) is 17.1. The zero-order valence-corrected chi connectivity index (χ0v) is 30.0. The third-order valence-corrected chi connectivity index (χ3v) is 9.09. The first kappa shape index (κ1) is 36.3. The van der Waals surface area contributed by atoms with Gasteiger partial charge in [0.05, 0.1) is 48.1 Å². The molecular formula is C38H49N7O5. The number of para-hydroxylation sites is 1. The minimum absolute atomic E-state index is 0.0106. The number of carbonyl (C=O) groups excluding carboxylic acids is 3. The van der Waals surface area contributed by atoms with Crippen molar-refractivity contribution < 1.29 is 23.9 Å². The number of aryl methyl sites for hydroxylation is 1. The van der Waals surface area contributed by atoms with Gasteiger partial charge in [-0.3, -0.25) is 14.4 Å². The average Bonchev–Trinajstić information content (AvgIpc) is 3.50. The van der Waals surface area contributed by atoms with Crippen LogP contribution in [0.3, 0.4) is 0 Å². The quantitative estimate of drug-likeness (QED) is 0.183. The molecule has 5 rings (SSSR count). The molecule has 1 saturated heterocycles. The zero-order valence-electron chi connectivity index (χ0n) is 30.0. The van der Waals surface area contributed by atoms with E-state index in [0.717, 1.165) is 73.4 Å². The number of amides is 3. The molecule has 266 valence electrons. The Bertz CT molecular complexity index is 1840. The molecule has 3 amide bonds. The Morgan fingerprint density at radius 1 is 0.960 bits per heavy atom. The number of anilines is 1. The van der Waals surface area contributed by atoms with Gasteiger partial charge in [-0.05, 0) is 83.2 Å². The van der Waals surface area contributed by atoms with Crippen LogP contribution in [0.4, 0.5) is 5.69 Å². The maximum atomic E-state index is 14.1. The lowest BCUT2D eigenvalue weighted by molar-refractivity contribution is -0.132. The summed E-state index contributed by atoms with van der Waals surface area (Å²) >= 11 is 0. The van der Waals surface area contributed by atoms with Crippen LogP contribution in [0.5, 0.6) is 11.5 Å². The van der Waals surface area contributed by atoms with Crippen LogP contribution in [0, 0.1) is 6.92 Å². The number of benzene rings is 3. The molecule has 3 aromatic carbocycles. The van der Waals surface area contributed by atoms with E-state index in [1.54, 1.807) is 19.2 Å². The largest absolute Gasteiger partial charge is 0.495 e. The Balaban J connectivity index is 1.32. The van der Waals surface area contributed by atoms with Gasteiger partial charge in [0.25, 0.3) is 11.8 Å². The number of primary amides is 1. The second-order valence-electron chi connectivity index (χ2n) is 13.2. The highest BCUT2D eigenvalue weighted by atomic mass is 16.5. The lowest BCUT2D eigenvalue weighted by Gasteiger charge is -2.32. The molecule has 0 radical (unpaired) electrons. The number of hydrogen-bond acceptors (Lipinski definition) is 8. The molecule has 0 spiro atoms. The zero-order chi connectivity index (χ0) is 35.9. The first-order valence-electron chi connectivity index (χ1n) is 17.1. The highest BCUT2D eigenvalue weighted by Crippen LogP contribution is 2.39. The molecule has 50 heavy (non-hydrogen) atoms. The number of carbonyl (C=O) groups is 3. The van der Waals surface area contributed by atoms with E-state index in [1.165, 1.54) is 12.0 Å². The van der Waals surface area contributed by atoms with Crippen molar-refractivity contribution in [3.05, 3.63) is 71.0 Å². The van der Waals surface area contributed by atoms with Crippen molar-refractivity contribution in [3.8, 4) is 22.6 Å². The van der Waals surface area contributed by atoms with Gasteiger partial charge in [0.15, 0.2) is 0 Å². The first-order chi connectivity index (χ1) is 24.0. The fraction of sp³-hybridized carbons (Fsp3) is 0.421. The van der Waals surface area contributed by atoms with E-state index < -0.39 is 11.8 Å². The number of aromatic amines is 1. The van der Waals surface area contributed by atoms with E-state index >= 15 is 0 Å². The number of likely N-dealkylation sites (N-methyl/N-ethyl adjacent to an activating group) is 1. The molecule has 1 fully saturated rings. The Hall–Kier alpha value is -4.94. The van der Waals surface area contributed by atoms with Gasteiger partial charge in [-0.1, -0.05) is 18.2 Å². The summed E-state index contributed by atoms with van der Waals surface area (Å²) in [6.07, 6.45) is 2.96. The smallest absolute Gasteiger partial charge is 0.259 e. The van der Waals surface area contributed by atoms with Crippen LogP contribution >= 0.6 is 0 Å². The maximum Gasteiger partial charge on any atom is 0.259 e. The van der Waals surface area contributed by atoms with Crippen LogP contribution < -0.4 is 20.1 Å². The Morgan fingerprint density at radius 2 is 1.72 bits per heavy atom. The summed E-state index contributed by atoms with van der Waals surface area (Å²) in [5.41, 5.74) is 10.5. The molecule has 0 aliphatic carbocycles. The standard InChI is InChI=1S/C38H49N7O5/c1-25-14-17-30(31(23-25)50-22-9-7-8-13-33(46)45-20-18-43(4)19-21-45)44(5)38(48)28-16-15-27(36(49-6)34(28)37(39)47)26-11-10-12-29-35(26)41-32(40-29)24-42(2)3/h10-12,14-17,23H,7-9,13,18-22,24H2,1-6H3,(H2,39,47)(H,40,41). The second-order valence-corrected chi connectivity index (χ2v) is 13.2. The summed E-state index contributed by atoms with van der Waals surface area (Å²) in [7, 11) is 9.12. The number of nitrogens with one attached hydrogen (secondary N) is 1.